The Morgan fingerprint density at radius 3 is 2.17 bits per heavy atom. The summed E-state index contributed by atoms with van der Waals surface area (Å²) in [4.78, 5) is 42.9. The fourth-order valence-electron chi connectivity index (χ4n) is 4.73. The summed E-state index contributed by atoms with van der Waals surface area (Å²) in [6.07, 6.45) is 6.48. The fraction of sp³-hybridized carbons (Fsp3) is 0.545. The van der Waals surface area contributed by atoms with Gasteiger partial charge in [0.1, 0.15) is 23.4 Å². The molecule has 2 rings (SSSR count). The summed E-state index contributed by atoms with van der Waals surface area (Å²) in [5, 5.41) is 15.9. The Morgan fingerprint density at radius 2 is 1.60 bits per heavy atom. The lowest BCUT2D eigenvalue weighted by Gasteiger charge is -2.35. The Kier molecular flexibility index (Phi) is 14.2. The molecule has 8 nitrogen and oxygen atoms in total. The van der Waals surface area contributed by atoms with Crippen LogP contribution in [0, 0.1) is 13.8 Å². The van der Waals surface area contributed by atoms with Gasteiger partial charge in [0.15, 0.2) is 0 Å². The summed E-state index contributed by atoms with van der Waals surface area (Å²) in [5.74, 6) is -0.00906. The van der Waals surface area contributed by atoms with E-state index in [1.165, 1.54) is 12.1 Å². The molecule has 2 unspecified atom stereocenters. The van der Waals surface area contributed by atoms with Crippen LogP contribution in [-0.4, -0.2) is 58.1 Å². The molecular formula is C33H49N3O5S. The lowest BCUT2D eigenvalue weighted by Crippen LogP contribution is -2.52. The van der Waals surface area contributed by atoms with Crippen LogP contribution in [0.1, 0.15) is 89.0 Å². The summed E-state index contributed by atoms with van der Waals surface area (Å²) in [7, 11) is 0. The SMILES string of the molecule is CCCCCCCN(C(=O)C(CCSC)NC(=O)OC(C)(C)C)C(C(=O)Nc1c(C)cccc1C)c1ccc(O)cc1. The van der Waals surface area contributed by atoms with Gasteiger partial charge in [-0.3, -0.25) is 9.59 Å². The smallest absolute Gasteiger partial charge is 0.408 e. The van der Waals surface area contributed by atoms with Crippen LogP contribution in [0.5, 0.6) is 5.75 Å². The highest BCUT2D eigenvalue weighted by molar-refractivity contribution is 7.98. The molecule has 0 aromatic heterocycles. The first-order valence-electron chi connectivity index (χ1n) is 14.8. The van der Waals surface area contributed by atoms with Crippen molar-refractivity contribution < 1.29 is 24.2 Å². The number of amides is 3. The van der Waals surface area contributed by atoms with Gasteiger partial charge in [-0.25, -0.2) is 4.79 Å². The van der Waals surface area contributed by atoms with E-state index in [0.29, 0.717) is 36.4 Å². The monoisotopic (exact) mass is 599 g/mol. The molecule has 0 spiro atoms. The van der Waals surface area contributed by atoms with Crippen molar-refractivity contribution >= 4 is 35.4 Å². The molecule has 42 heavy (non-hydrogen) atoms. The highest BCUT2D eigenvalue weighted by atomic mass is 32.2. The van der Waals surface area contributed by atoms with Crippen molar-refractivity contribution in [3.63, 3.8) is 0 Å². The first-order valence-corrected chi connectivity index (χ1v) is 16.2. The fourth-order valence-corrected chi connectivity index (χ4v) is 5.20. The van der Waals surface area contributed by atoms with Crippen LogP contribution >= 0.6 is 11.8 Å². The number of rotatable bonds is 15. The first-order chi connectivity index (χ1) is 19.9. The van der Waals surface area contributed by atoms with Crippen LogP contribution in [0.2, 0.25) is 0 Å². The standard InChI is InChI=1S/C33H49N3O5S/c1-8-9-10-11-12-21-36(31(39)27(20-22-42-7)34-32(40)41-33(4,5)6)29(25-16-18-26(37)19-17-25)30(38)35-28-23(2)14-13-15-24(28)3/h13-19,27,29,37H,8-12,20-22H2,1-7H3,(H,34,40)(H,35,38). The molecule has 0 aliphatic heterocycles. The van der Waals surface area contributed by atoms with Gasteiger partial charge in [0, 0.05) is 12.2 Å². The molecule has 3 N–H and O–H groups in total. The average molecular weight is 600 g/mol. The Labute approximate surface area is 256 Å². The van der Waals surface area contributed by atoms with Crippen LogP contribution in [0.25, 0.3) is 0 Å². The number of nitrogens with zero attached hydrogens (tertiary/aromatic N) is 1. The van der Waals surface area contributed by atoms with Crippen LogP contribution in [-0.2, 0) is 14.3 Å². The topological polar surface area (TPSA) is 108 Å². The van der Waals surface area contributed by atoms with Crippen LogP contribution < -0.4 is 10.6 Å². The van der Waals surface area contributed by atoms with Crippen molar-refractivity contribution in [2.24, 2.45) is 0 Å². The maximum Gasteiger partial charge on any atom is 0.408 e. The first kappa shape index (κ1) is 35.0. The number of phenols is 1. The normalized spacial score (nSPS) is 12.7. The molecule has 0 heterocycles. The third kappa shape index (κ3) is 11.2. The van der Waals surface area contributed by atoms with Gasteiger partial charge >= 0.3 is 6.09 Å². The Morgan fingerprint density at radius 1 is 0.976 bits per heavy atom. The van der Waals surface area contributed by atoms with Gasteiger partial charge in [0.25, 0.3) is 5.91 Å². The Balaban J connectivity index is 2.54. The number of hydrogen-bond acceptors (Lipinski definition) is 6. The number of thioether (sulfide) groups is 1. The molecule has 0 saturated carbocycles. The molecule has 2 aromatic rings. The summed E-state index contributed by atoms with van der Waals surface area (Å²) >= 11 is 1.57. The lowest BCUT2D eigenvalue weighted by molar-refractivity contribution is -0.141. The van der Waals surface area contributed by atoms with E-state index in [4.69, 9.17) is 4.74 Å². The van der Waals surface area contributed by atoms with Crippen LogP contribution in [0.15, 0.2) is 42.5 Å². The summed E-state index contributed by atoms with van der Waals surface area (Å²) in [5.41, 5.74) is 2.37. The Bertz CT molecular complexity index is 1140. The number of benzene rings is 2. The minimum atomic E-state index is -0.986. The van der Waals surface area contributed by atoms with Crippen molar-refractivity contribution in [1.29, 1.82) is 0 Å². The van der Waals surface area contributed by atoms with E-state index in [2.05, 4.69) is 17.6 Å². The molecule has 2 aromatic carbocycles. The molecule has 0 bridgehead atoms. The maximum absolute atomic E-state index is 14.4. The minimum Gasteiger partial charge on any atom is -0.508 e. The van der Waals surface area contributed by atoms with Gasteiger partial charge in [-0.2, -0.15) is 11.8 Å². The van der Waals surface area contributed by atoms with E-state index in [1.54, 1.807) is 49.6 Å². The van der Waals surface area contributed by atoms with Gasteiger partial charge in [0.05, 0.1) is 0 Å². The van der Waals surface area contributed by atoms with Crippen LogP contribution in [0.3, 0.4) is 0 Å². The highest BCUT2D eigenvalue weighted by Gasteiger charge is 2.36. The number of phenolic OH excluding ortho intramolecular Hbond substituents is 1. The number of hydrogen-bond donors (Lipinski definition) is 3. The van der Waals surface area contributed by atoms with Crippen molar-refractivity contribution in [2.45, 2.75) is 97.8 Å². The van der Waals surface area contributed by atoms with E-state index in [1.807, 2.05) is 38.3 Å². The summed E-state index contributed by atoms with van der Waals surface area (Å²) in [6, 6.07) is 10.3. The van der Waals surface area contributed by atoms with E-state index < -0.39 is 23.8 Å². The molecule has 0 saturated heterocycles. The summed E-state index contributed by atoms with van der Waals surface area (Å²) < 4.78 is 5.48. The van der Waals surface area contributed by atoms with Gasteiger partial charge in [0.2, 0.25) is 5.91 Å². The number of anilines is 1. The molecule has 0 aliphatic rings. The number of aryl methyl sites for hydroxylation is 2. The number of aromatic hydroxyl groups is 1. The van der Waals surface area contributed by atoms with Gasteiger partial charge in [-0.1, -0.05) is 62.9 Å². The number of carbonyl (C=O) groups is 3. The molecule has 0 radical (unpaired) electrons. The van der Waals surface area contributed by atoms with Crippen molar-refractivity contribution in [3.8, 4) is 5.75 Å². The quantitative estimate of drug-likeness (QED) is 0.188. The molecule has 3 amide bonds. The molecular weight excluding hydrogens is 550 g/mol. The average Bonchev–Trinajstić information content (AvgIpc) is 2.91. The zero-order chi connectivity index (χ0) is 31.3. The van der Waals surface area contributed by atoms with Crippen molar-refractivity contribution in [2.75, 3.05) is 23.9 Å². The van der Waals surface area contributed by atoms with E-state index in [9.17, 15) is 19.5 Å². The lowest BCUT2D eigenvalue weighted by atomic mass is 10.0. The molecule has 0 fully saturated rings. The third-order valence-corrected chi connectivity index (χ3v) is 7.53. The zero-order valence-electron chi connectivity index (χ0n) is 26.3. The van der Waals surface area contributed by atoms with Crippen LogP contribution in [0.4, 0.5) is 10.5 Å². The van der Waals surface area contributed by atoms with E-state index in [0.717, 1.165) is 36.8 Å². The van der Waals surface area contributed by atoms with E-state index >= 15 is 0 Å². The largest absolute Gasteiger partial charge is 0.508 e. The molecule has 9 heteroatoms. The van der Waals surface area contributed by atoms with Gasteiger partial charge in [-0.15, -0.1) is 0 Å². The summed E-state index contributed by atoms with van der Waals surface area (Å²) in [6.45, 7) is 11.6. The second-order valence-corrected chi connectivity index (χ2v) is 12.7. The number of alkyl carbamates (subject to hydrolysis) is 1. The second-order valence-electron chi connectivity index (χ2n) is 11.7. The number of ether oxygens (including phenoxy) is 1. The van der Waals surface area contributed by atoms with Crippen molar-refractivity contribution in [1.82, 2.24) is 10.2 Å². The number of unbranched alkanes of at least 4 members (excludes halogenated alkanes) is 4. The number of nitrogens with one attached hydrogen (secondary N) is 2. The van der Waals surface area contributed by atoms with Gasteiger partial charge in [-0.05, 0) is 88.3 Å². The zero-order valence-corrected chi connectivity index (χ0v) is 27.1. The molecule has 0 aliphatic carbocycles. The Hall–Kier alpha value is -3.20. The third-order valence-electron chi connectivity index (χ3n) is 6.88. The minimum absolute atomic E-state index is 0.0644. The van der Waals surface area contributed by atoms with E-state index in [-0.39, 0.29) is 17.6 Å². The van der Waals surface area contributed by atoms with Crippen molar-refractivity contribution in [3.05, 3.63) is 59.2 Å². The number of para-hydroxylation sites is 1. The molecule has 2 atom stereocenters. The highest BCUT2D eigenvalue weighted by Crippen LogP contribution is 2.29. The molecule has 232 valence electrons. The maximum atomic E-state index is 14.4. The predicted octanol–water partition coefficient (Wildman–Crippen LogP) is 7.13. The second kappa shape index (κ2) is 17.0. The van der Waals surface area contributed by atoms with Gasteiger partial charge < -0.3 is 25.4 Å². The predicted molar refractivity (Wildman–Crippen MR) is 172 cm³/mol. The number of carbonyl (C=O) groups excluding carboxylic acids is 3.